The van der Waals surface area contributed by atoms with Crippen LogP contribution in [0.4, 0.5) is 5.13 Å². The number of rotatable bonds is 5. The van der Waals surface area contributed by atoms with Crippen molar-refractivity contribution in [1.82, 2.24) is 10.3 Å². The second-order valence-corrected chi connectivity index (χ2v) is 9.31. The summed E-state index contributed by atoms with van der Waals surface area (Å²) < 4.78 is 10.1. The summed E-state index contributed by atoms with van der Waals surface area (Å²) in [5.74, 6) is -1.28. The second kappa shape index (κ2) is 9.79. The number of methoxy groups -OCH3 is 2. The monoisotopic (exact) mass is 493 g/mol. The van der Waals surface area contributed by atoms with Crippen LogP contribution in [0.3, 0.4) is 0 Å². The van der Waals surface area contributed by atoms with Gasteiger partial charge in [0.25, 0.3) is 0 Å². The average molecular weight is 494 g/mol. The molecule has 0 radical (unpaired) electrons. The van der Waals surface area contributed by atoms with Crippen LogP contribution in [0.15, 0.2) is 71.4 Å². The highest BCUT2D eigenvalue weighted by atomic mass is 32.1. The molecule has 0 saturated carbocycles. The van der Waals surface area contributed by atoms with Gasteiger partial charge >= 0.3 is 11.9 Å². The fourth-order valence-electron chi connectivity index (χ4n) is 4.51. The predicted molar refractivity (Wildman–Crippen MR) is 134 cm³/mol. The van der Waals surface area contributed by atoms with Crippen molar-refractivity contribution < 1.29 is 24.2 Å². The molecule has 1 aliphatic heterocycles. The molecule has 5 rings (SSSR count). The number of anilines is 1. The molecule has 3 aliphatic rings. The topological polar surface area (TPSA) is 110 Å². The van der Waals surface area contributed by atoms with Crippen molar-refractivity contribution in [3.63, 3.8) is 0 Å². The zero-order valence-corrected chi connectivity index (χ0v) is 20.7. The zero-order chi connectivity index (χ0) is 25.2. The van der Waals surface area contributed by atoms with Crippen molar-refractivity contribution in [3.8, 4) is 16.9 Å². The molecule has 3 N–H and O–H groups in total. The Bertz CT molecular complexity index is 1260. The van der Waals surface area contributed by atoms with E-state index in [9.17, 15) is 9.59 Å². The van der Waals surface area contributed by atoms with Crippen LogP contribution in [-0.4, -0.2) is 42.3 Å². The number of benzene rings is 2. The number of fused-ring (bicyclic) bond motifs is 1. The third-order valence-corrected chi connectivity index (χ3v) is 6.99. The molecule has 0 spiro atoms. The van der Waals surface area contributed by atoms with Gasteiger partial charge in [0.05, 0.1) is 31.4 Å². The number of aromatic hydroxyl groups is 1. The quantitative estimate of drug-likeness (QED) is 0.357. The lowest BCUT2D eigenvalue weighted by atomic mass is 9.70. The van der Waals surface area contributed by atoms with E-state index in [4.69, 9.17) is 14.6 Å². The molecule has 3 atom stereocenters. The van der Waals surface area contributed by atoms with Crippen LogP contribution >= 0.6 is 11.3 Å². The van der Waals surface area contributed by atoms with Crippen molar-refractivity contribution in [2.24, 2.45) is 5.92 Å². The number of carbonyl (C=O) groups is 2. The minimum absolute atomic E-state index is 0.349. The Hall–Kier alpha value is -3.85. The van der Waals surface area contributed by atoms with Crippen molar-refractivity contribution in [3.05, 3.63) is 76.9 Å². The third-order valence-electron chi connectivity index (χ3n) is 6.29. The van der Waals surface area contributed by atoms with Crippen LogP contribution in [-0.2, 0) is 24.6 Å². The molecule has 3 unspecified atom stereocenters. The van der Waals surface area contributed by atoms with Gasteiger partial charge in [0.15, 0.2) is 5.13 Å². The number of esters is 2. The maximum atomic E-state index is 13.0. The number of phenolic OH excluding ortho intramolecular Hbond substituents is 1. The number of allylic oxidation sites excluding steroid dienone is 1. The molecule has 1 aromatic carbocycles. The molecular weight excluding hydrogens is 466 g/mol. The SMILES string of the molecule is COC(=O)C1=C(C)NC(C)(c2ccccc2)C(C(=O)OC)C1Nc1nccs1.Oc1ccc2cc1-2. The molecule has 8 nitrogen and oxygen atoms in total. The van der Waals surface area contributed by atoms with E-state index in [0.29, 0.717) is 22.2 Å². The van der Waals surface area contributed by atoms with Crippen molar-refractivity contribution in [2.45, 2.75) is 25.4 Å². The summed E-state index contributed by atoms with van der Waals surface area (Å²) in [4.78, 5) is 29.8. The Morgan fingerprint density at radius 2 is 1.89 bits per heavy atom. The van der Waals surface area contributed by atoms with E-state index in [-0.39, 0.29) is 0 Å². The second-order valence-electron chi connectivity index (χ2n) is 8.42. The summed E-state index contributed by atoms with van der Waals surface area (Å²) in [5.41, 5.74) is 3.29. The molecule has 1 aromatic heterocycles. The zero-order valence-electron chi connectivity index (χ0n) is 19.9. The maximum Gasteiger partial charge on any atom is 0.337 e. The predicted octanol–water partition coefficient (Wildman–Crippen LogP) is 4.05. The van der Waals surface area contributed by atoms with E-state index < -0.39 is 29.4 Å². The minimum atomic E-state index is -0.815. The third kappa shape index (κ3) is 4.72. The molecule has 182 valence electrons. The fraction of sp³-hybridized carbons (Fsp3) is 0.269. The van der Waals surface area contributed by atoms with E-state index in [1.807, 2.05) is 54.8 Å². The number of hydrogen-bond donors (Lipinski definition) is 3. The van der Waals surface area contributed by atoms with E-state index in [1.165, 1.54) is 31.1 Å². The summed E-state index contributed by atoms with van der Waals surface area (Å²) in [6, 6.07) is 14.5. The Morgan fingerprint density at radius 3 is 2.37 bits per heavy atom. The Labute approximate surface area is 207 Å². The standard InChI is InChI=1S/C20H23N3O4S.C6H4O/c1-12-14(17(24)26-3)16(22-19-21-10-11-28-19)15(18(25)27-4)20(2,23-12)13-8-6-5-7-9-13;7-6-2-1-4-3-5(4)6/h5-11,15-16,23H,1-4H3,(H,21,22);1-3,7H. The number of hydrogen-bond acceptors (Lipinski definition) is 9. The first-order valence-corrected chi connectivity index (χ1v) is 11.9. The number of ether oxygens (including phenoxy) is 2. The summed E-state index contributed by atoms with van der Waals surface area (Å²) >= 11 is 1.39. The Balaban J connectivity index is 0.000000347. The molecule has 0 saturated heterocycles. The van der Waals surface area contributed by atoms with Crippen molar-refractivity contribution in [2.75, 3.05) is 19.5 Å². The molecule has 0 amide bonds. The molecule has 9 heteroatoms. The molecule has 0 bridgehead atoms. The number of phenols is 1. The first-order chi connectivity index (χ1) is 16.8. The molecule has 2 heterocycles. The van der Waals surface area contributed by atoms with Crippen LogP contribution in [0, 0.1) is 5.92 Å². The number of nitrogens with zero attached hydrogens (tertiary/aromatic N) is 1. The van der Waals surface area contributed by atoms with Gasteiger partial charge < -0.3 is 25.2 Å². The Kier molecular flexibility index (Phi) is 6.79. The summed E-state index contributed by atoms with van der Waals surface area (Å²) in [6.45, 7) is 3.73. The number of thiazole rings is 1. The highest BCUT2D eigenvalue weighted by Crippen LogP contribution is 2.43. The number of aromatic nitrogens is 1. The van der Waals surface area contributed by atoms with Gasteiger partial charge in [-0.05, 0) is 37.1 Å². The van der Waals surface area contributed by atoms with Gasteiger partial charge in [-0.1, -0.05) is 36.4 Å². The average Bonchev–Trinajstić information content (AvgIpc) is 3.30. The first-order valence-electron chi connectivity index (χ1n) is 11.0. The van der Waals surface area contributed by atoms with E-state index in [1.54, 1.807) is 19.2 Å². The van der Waals surface area contributed by atoms with Gasteiger partial charge in [0.2, 0.25) is 0 Å². The lowest BCUT2D eigenvalue weighted by Crippen LogP contribution is -2.60. The summed E-state index contributed by atoms with van der Waals surface area (Å²) in [6.07, 6.45) is 1.66. The van der Waals surface area contributed by atoms with Crippen molar-refractivity contribution in [1.29, 1.82) is 0 Å². The van der Waals surface area contributed by atoms with Gasteiger partial charge in [-0.25, -0.2) is 9.78 Å². The van der Waals surface area contributed by atoms with Crippen LogP contribution in [0.1, 0.15) is 19.4 Å². The van der Waals surface area contributed by atoms with E-state index in [0.717, 1.165) is 11.1 Å². The van der Waals surface area contributed by atoms with Gasteiger partial charge in [-0.15, -0.1) is 11.3 Å². The molecular formula is C26H27N3O5S. The van der Waals surface area contributed by atoms with Crippen LogP contribution in [0.25, 0.3) is 11.1 Å². The highest BCUT2D eigenvalue weighted by molar-refractivity contribution is 7.13. The summed E-state index contributed by atoms with van der Waals surface area (Å²) in [5, 5.41) is 17.8. The fourth-order valence-corrected chi connectivity index (χ4v) is 5.08. The molecule has 35 heavy (non-hydrogen) atoms. The van der Waals surface area contributed by atoms with Gasteiger partial charge in [-0.3, -0.25) is 4.79 Å². The number of carbonyl (C=O) groups excluding carboxylic acids is 2. The molecule has 0 fully saturated rings. The van der Waals surface area contributed by atoms with Crippen LogP contribution in [0.2, 0.25) is 0 Å². The van der Waals surface area contributed by atoms with Gasteiger partial charge in [-0.2, -0.15) is 0 Å². The largest absolute Gasteiger partial charge is 0.507 e. The first kappa shape index (κ1) is 24.3. The summed E-state index contributed by atoms with van der Waals surface area (Å²) in [7, 11) is 2.67. The van der Waals surface area contributed by atoms with Gasteiger partial charge in [0, 0.05) is 22.8 Å². The highest BCUT2D eigenvalue weighted by Gasteiger charge is 2.52. The Morgan fingerprint density at radius 1 is 1.14 bits per heavy atom. The lowest BCUT2D eigenvalue weighted by Gasteiger charge is -2.46. The molecule has 2 aliphatic carbocycles. The van der Waals surface area contributed by atoms with Crippen molar-refractivity contribution >= 4 is 28.4 Å². The minimum Gasteiger partial charge on any atom is -0.507 e. The van der Waals surface area contributed by atoms with Gasteiger partial charge in [0.1, 0.15) is 11.7 Å². The van der Waals surface area contributed by atoms with E-state index in [2.05, 4.69) is 15.6 Å². The molecule has 2 aromatic rings. The normalized spacial score (nSPS) is 21.7. The number of nitrogens with one attached hydrogen (secondary N) is 2. The van der Waals surface area contributed by atoms with Crippen LogP contribution < -0.4 is 10.6 Å². The lowest BCUT2D eigenvalue weighted by molar-refractivity contribution is -0.149. The van der Waals surface area contributed by atoms with E-state index >= 15 is 0 Å². The van der Waals surface area contributed by atoms with Crippen LogP contribution in [0.5, 0.6) is 5.75 Å². The maximum absolute atomic E-state index is 13.0. The smallest absolute Gasteiger partial charge is 0.337 e.